The van der Waals surface area contributed by atoms with Gasteiger partial charge in [-0.1, -0.05) is 60.8 Å². The molecular weight excluding hydrogens is 299 g/mol. The highest BCUT2D eigenvalue weighted by Gasteiger charge is 2.15. The van der Waals surface area contributed by atoms with Gasteiger partial charge < -0.3 is 9.47 Å². The van der Waals surface area contributed by atoms with Crippen LogP contribution in [-0.2, 0) is 4.74 Å². The van der Waals surface area contributed by atoms with Gasteiger partial charge in [0, 0.05) is 10.8 Å². The van der Waals surface area contributed by atoms with Crippen LogP contribution in [0, 0.1) is 0 Å². The van der Waals surface area contributed by atoms with Crippen molar-refractivity contribution in [3.8, 4) is 5.75 Å². The number of carbonyl (C=O) groups excluding carboxylic acids is 1. The van der Waals surface area contributed by atoms with Gasteiger partial charge in [0.15, 0.2) is 5.75 Å². The van der Waals surface area contributed by atoms with Crippen molar-refractivity contribution < 1.29 is 14.3 Å². The Balaban J connectivity index is 2.27. The maximum Gasteiger partial charge on any atom is 0.513 e. The maximum atomic E-state index is 11.6. The molecule has 0 aliphatic rings. The van der Waals surface area contributed by atoms with E-state index in [1.54, 1.807) is 12.1 Å². The fraction of sp³-hybridized carbons (Fsp3) is 0.267. The molecule has 20 heavy (non-hydrogen) atoms. The van der Waals surface area contributed by atoms with Crippen LogP contribution < -0.4 is 4.74 Å². The molecule has 2 rings (SSSR count). The van der Waals surface area contributed by atoms with E-state index < -0.39 is 6.16 Å². The molecule has 0 aliphatic carbocycles. The van der Waals surface area contributed by atoms with E-state index in [0.29, 0.717) is 17.0 Å². The molecule has 2 aromatic rings. The first-order chi connectivity index (χ1) is 9.63. The number of ether oxygens (including phenoxy) is 2. The van der Waals surface area contributed by atoms with Gasteiger partial charge in [0.1, 0.15) is 0 Å². The van der Waals surface area contributed by atoms with Gasteiger partial charge in [0.25, 0.3) is 0 Å². The number of unbranched alkanes of at least 4 members (excludes halogenated alkanes) is 1. The fourth-order valence-electron chi connectivity index (χ4n) is 1.79. The highest BCUT2D eigenvalue weighted by Crippen LogP contribution is 2.38. The largest absolute Gasteiger partial charge is 0.513 e. The van der Waals surface area contributed by atoms with E-state index in [1.165, 1.54) is 0 Å². The van der Waals surface area contributed by atoms with Gasteiger partial charge in [-0.15, -0.1) is 0 Å². The van der Waals surface area contributed by atoms with E-state index in [-0.39, 0.29) is 10.8 Å². The van der Waals surface area contributed by atoms with Crippen LogP contribution in [0.4, 0.5) is 4.79 Å². The summed E-state index contributed by atoms with van der Waals surface area (Å²) in [5, 5.41) is 2.24. The average Bonchev–Trinajstić information content (AvgIpc) is 2.44. The molecule has 0 saturated heterocycles. The summed E-state index contributed by atoms with van der Waals surface area (Å²) in [6.45, 7) is 2.34. The van der Waals surface area contributed by atoms with Gasteiger partial charge in [-0.2, -0.15) is 0 Å². The maximum absolute atomic E-state index is 11.6. The lowest BCUT2D eigenvalue weighted by atomic mass is 10.1. The van der Waals surface area contributed by atoms with E-state index in [0.717, 1.165) is 18.2 Å². The van der Waals surface area contributed by atoms with Crippen molar-refractivity contribution in [3.05, 3.63) is 40.4 Å². The summed E-state index contributed by atoms with van der Waals surface area (Å²) in [6.07, 6.45) is 0.982. The second-order valence-electron chi connectivity index (χ2n) is 4.27. The molecule has 2 aromatic carbocycles. The molecule has 0 saturated carbocycles. The second-order valence-corrected chi connectivity index (χ2v) is 5.08. The second kappa shape index (κ2) is 6.82. The van der Waals surface area contributed by atoms with E-state index >= 15 is 0 Å². The van der Waals surface area contributed by atoms with E-state index in [4.69, 9.17) is 32.7 Å². The van der Waals surface area contributed by atoms with Crippen LogP contribution in [0.25, 0.3) is 10.8 Å². The molecule has 0 bridgehead atoms. The molecule has 0 heterocycles. The minimum atomic E-state index is -0.757. The molecule has 0 atom stereocenters. The predicted molar refractivity (Wildman–Crippen MR) is 80.9 cm³/mol. The predicted octanol–water partition coefficient (Wildman–Crippen LogP) is 5.46. The van der Waals surface area contributed by atoms with Gasteiger partial charge in [-0.3, -0.25) is 0 Å². The van der Waals surface area contributed by atoms with Crippen LogP contribution in [0.2, 0.25) is 10.0 Å². The van der Waals surface area contributed by atoms with Gasteiger partial charge in [0.2, 0.25) is 0 Å². The molecule has 0 radical (unpaired) electrons. The van der Waals surface area contributed by atoms with Crippen LogP contribution in [0.3, 0.4) is 0 Å². The number of carbonyl (C=O) groups is 1. The minimum absolute atomic E-state index is 0.271. The van der Waals surface area contributed by atoms with Gasteiger partial charge in [0.05, 0.1) is 16.7 Å². The lowest BCUT2D eigenvalue weighted by Gasteiger charge is -2.11. The smallest absolute Gasteiger partial charge is 0.434 e. The van der Waals surface area contributed by atoms with E-state index in [9.17, 15) is 4.79 Å². The lowest BCUT2D eigenvalue weighted by Crippen LogP contribution is -2.11. The van der Waals surface area contributed by atoms with Crippen molar-refractivity contribution in [2.75, 3.05) is 6.61 Å². The van der Waals surface area contributed by atoms with Crippen LogP contribution in [0.1, 0.15) is 19.8 Å². The molecule has 0 spiro atoms. The molecule has 3 nitrogen and oxygen atoms in total. The van der Waals surface area contributed by atoms with Crippen molar-refractivity contribution in [2.24, 2.45) is 0 Å². The van der Waals surface area contributed by atoms with Crippen molar-refractivity contribution in [1.82, 2.24) is 0 Å². The summed E-state index contributed by atoms with van der Waals surface area (Å²) in [6, 6.07) is 8.86. The molecule has 0 N–H and O–H groups in total. The number of halogens is 2. The van der Waals surface area contributed by atoms with Crippen molar-refractivity contribution in [1.29, 1.82) is 0 Å². The third-order valence-corrected chi connectivity index (χ3v) is 3.40. The quantitative estimate of drug-likeness (QED) is 0.427. The van der Waals surface area contributed by atoms with Gasteiger partial charge in [-0.05, 0) is 12.5 Å². The highest BCUT2D eigenvalue weighted by atomic mass is 35.5. The van der Waals surface area contributed by atoms with Crippen molar-refractivity contribution >= 4 is 40.1 Å². The Labute approximate surface area is 127 Å². The van der Waals surface area contributed by atoms with Crippen LogP contribution >= 0.6 is 23.2 Å². The molecule has 0 amide bonds. The molecule has 0 unspecified atom stereocenters. The van der Waals surface area contributed by atoms with Crippen molar-refractivity contribution in [3.63, 3.8) is 0 Å². The Bertz CT molecular complexity index is 626. The first-order valence-corrected chi connectivity index (χ1v) is 7.10. The number of hydrogen-bond acceptors (Lipinski definition) is 3. The van der Waals surface area contributed by atoms with Crippen LogP contribution in [0.5, 0.6) is 5.75 Å². The Morgan fingerprint density at radius 3 is 2.55 bits per heavy atom. The van der Waals surface area contributed by atoms with Gasteiger partial charge >= 0.3 is 6.16 Å². The minimum Gasteiger partial charge on any atom is -0.434 e. The Morgan fingerprint density at radius 2 is 1.85 bits per heavy atom. The lowest BCUT2D eigenvalue weighted by molar-refractivity contribution is 0.0983. The van der Waals surface area contributed by atoms with Crippen LogP contribution in [-0.4, -0.2) is 12.8 Å². The summed E-state index contributed by atoms with van der Waals surface area (Å²) >= 11 is 12.2. The third kappa shape index (κ3) is 3.35. The number of rotatable bonds is 4. The molecule has 0 aromatic heterocycles. The summed E-state index contributed by atoms with van der Waals surface area (Å²) < 4.78 is 10.2. The first kappa shape index (κ1) is 14.9. The standard InChI is InChI=1S/C15H14Cl2O3/c1-2-3-8-19-15(18)20-14-11-7-5-4-6-10(11)12(16)9-13(14)17/h4-7,9H,2-3,8H2,1H3. The number of fused-ring (bicyclic) bond motifs is 1. The number of benzene rings is 2. The average molecular weight is 313 g/mol. The zero-order chi connectivity index (χ0) is 14.5. The SMILES string of the molecule is CCCCOC(=O)Oc1c(Cl)cc(Cl)c2ccccc12. The normalized spacial score (nSPS) is 10.6. The monoisotopic (exact) mass is 312 g/mol. The van der Waals surface area contributed by atoms with Crippen molar-refractivity contribution in [2.45, 2.75) is 19.8 Å². The molecule has 0 aliphatic heterocycles. The zero-order valence-corrected chi connectivity index (χ0v) is 12.5. The molecule has 5 heteroatoms. The summed E-state index contributed by atoms with van der Waals surface area (Å²) in [4.78, 5) is 11.6. The number of hydrogen-bond donors (Lipinski definition) is 0. The fourth-order valence-corrected chi connectivity index (χ4v) is 2.37. The zero-order valence-electron chi connectivity index (χ0n) is 11.0. The molecule has 106 valence electrons. The summed E-state index contributed by atoms with van der Waals surface area (Å²) in [5.41, 5.74) is 0. The first-order valence-electron chi connectivity index (χ1n) is 6.34. The third-order valence-electron chi connectivity index (χ3n) is 2.80. The molecule has 0 fully saturated rings. The van der Waals surface area contributed by atoms with Crippen LogP contribution in [0.15, 0.2) is 30.3 Å². The van der Waals surface area contributed by atoms with E-state index in [1.807, 2.05) is 25.1 Å². The topological polar surface area (TPSA) is 35.5 Å². The highest BCUT2D eigenvalue weighted by molar-refractivity contribution is 6.40. The van der Waals surface area contributed by atoms with Gasteiger partial charge in [-0.25, -0.2) is 4.79 Å². The summed E-state index contributed by atoms with van der Waals surface area (Å²) in [5.74, 6) is 0.271. The van der Waals surface area contributed by atoms with E-state index in [2.05, 4.69) is 0 Å². The molecular formula is C15H14Cl2O3. The Kier molecular flexibility index (Phi) is 5.10. The Hall–Kier alpha value is -1.45. The Morgan fingerprint density at radius 1 is 1.15 bits per heavy atom. The summed E-state index contributed by atoms with van der Waals surface area (Å²) in [7, 11) is 0.